The standard InChI is InChI=1S/C13H20NO6P/c1-3-18-13(15)11(2)19-21(17,10-9-14-16)20-12-7-5-4-6-8-12/h4-8,11,14,16H,3,9-10H2,1-2H3/t11-,21?/m1/s1. The van der Waals surface area contributed by atoms with Crippen LogP contribution in [0.5, 0.6) is 5.75 Å². The highest BCUT2D eigenvalue weighted by Gasteiger charge is 2.31. The van der Waals surface area contributed by atoms with Gasteiger partial charge in [0.05, 0.1) is 12.8 Å². The van der Waals surface area contributed by atoms with E-state index in [2.05, 4.69) is 0 Å². The van der Waals surface area contributed by atoms with E-state index in [0.29, 0.717) is 5.75 Å². The monoisotopic (exact) mass is 317 g/mol. The first-order valence-corrected chi connectivity index (χ1v) is 8.29. The molecule has 0 radical (unpaired) electrons. The van der Waals surface area contributed by atoms with Crippen LogP contribution >= 0.6 is 7.60 Å². The van der Waals surface area contributed by atoms with Gasteiger partial charge in [-0.1, -0.05) is 18.2 Å². The zero-order valence-electron chi connectivity index (χ0n) is 12.0. The molecular formula is C13H20NO6P. The van der Waals surface area contributed by atoms with Gasteiger partial charge in [0.25, 0.3) is 0 Å². The number of carbonyl (C=O) groups is 1. The Morgan fingerprint density at radius 1 is 1.38 bits per heavy atom. The van der Waals surface area contributed by atoms with Gasteiger partial charge in [0.1, 0.15) is 5.75 Å². The van der Waals surface area contributed by atoms with Gasteiger partial charge in [-0.05, 0) is 26.0 Å². The largest absolute Gasteiger partial charge is 0.464 e. The lowest BCUT2D eigenvalue weighted by molar-refractivity contribution is -0.150. The average Bonchev–Trinajstić information content (AvgIpc) is 2.46. The molecule has 1 aromatic rings. The summed E-state index contributed by atoms with van der Waals surface area (Å²) >= 11 is 0. The predicted molar refractivity (Wildman–Crippen MR) is 76.5 cm³/mol. The van der Waals surface area contributed by atoms with Crippen LogP contribution < -0.4 is 10.0 Å². The number of hydrogen-bond acceptors (Lipinski definition) is 7. The lowest BCUT2D eigenvalue weighted by Crippen LogP contribution is -2.25. The number of nitrogens with one attached hydrogen (secondary N) is 1. The van der Waals surface area contributed by atoms with Crippen LogP contribution in [0.4, 0.5) is 0 Å². The zero-order valence-corrected chi connectivity index (χ0v) is 12.9. The van der Waals surface area contributed by atoms with E-state index in [9.17, 15) is 9.36 Å². The first kappa shape index (κ1) is 17.7. The molecule has 0 heterocycles. The smallest absolute Gasteiger partial charge is 0.381 e. The second-order valence-corrected chi connectivity index (χ2v) is 6.21. The van der Waals surface area contributed by atoms with Crippen molar-refractivity contribution in [3.63, 3.8) is 0 Å². The number of hydroxylamine groups is 1. The van der Waals surface area contributed by atoms with Gasteiger partial charge in [-0.15, -0.1) is 0 Å². The molecule has 2 atom stereocenters. The van der Waals surface area contributed by atoms with Gasteiger partial charge in [0, 0.05) is 6.54 Å². The molecule has 0 bridgehead atoms. The fraction of sp³-hybridized carbons (Fsp3) is 0.462. The Bertz CT molecular complexity index is 481. The van der Waals surface area contributed by atoms with Crippen LogP contribution in [0, 0.1) is 0 Å². The van der Waals surface area contributed by atoms with Gasteiger partial charge in [-0.3, -0.25) is 4.52 Å². The molecule has 1 unspecified atom stereocenters. The van der Waals surface area contributed by atoms with Crippen LogP contribution in [0.15, 0.2) is 30.3 Å². The van der Waals surface area contributed by atoms with E-state index in [1.807, 2.05) is 5.48 Å². The maximum atomic E-state index is 12.7. The lowest BCUT2D eigenvalue weighted by atomic mass is 10.3. The highest BCUT2D eigenvalue weighted by molar-refractivity contribution is 7.54. The van der Waals surface area contributed by atoms with Crippen LogP contribution in [0.3, 0.4) is 0 Å². The highest BCUT2D eigenvalue weighted by atomic mass is 31.2. The third kappa shape index (κ3) is 6.27. The molecule has 0 saturated heterocycles. The van der Waals surface area contributed by atoms with Gasteiger partial charge in [-0.25, -0.2) is 14.8 Å². The molecule has 0 amide bonds. The van der Waals surface area contributed by atoms with Gasteiger partial charge >= 0.3 is 13.6 Å². The minimum Gasteiger partial charge on any atom is -0.464 e. The Labute approximate surface area is 123 Å². The van der Waals surface area contributed by atoms with Crippen molar-refractivity contribution in [3.05, 3.63) is 30.3 Å². The minimum atomic E-state index is -3.61. The first-order chi connectivity index (χ1) is 10.0. The van der Waals surface area contributed by atoms with Crippen molar-refractivity contribution < 1.29 is 28.4 Å². The third-order valence-corrected chi connectivity index (χ3v) is 4.32. The molecule has 2 N–H and O–H groups in total. The summed E-state index contributed by atoms with van der Waals surface area (Å²) < 4.78 is 28.1. The van der Waals surface area contributed by atoms with Crippen molar-refractivity contribution in [1.29, 1.82) is 0 Å². The molecular weight excluding hydrogens is 297 g/mol. The van der Waals surface area contributed by atoms with E-state index in [4.69, 9.17) is 19.0 Å². The normalized spacial score (nSPS) is 15.0. The van der Waals surface area contributed by atoms with Crippen molar-refractivity contribution in [2.75, 3.05) is 19.3 Å². The van der Waals surface area contributed by atoms with Crippen molar-refractivity contribution in [1.82, 2.24) is 5.48 Å². The maximum absolute atomic E-state index is 12.7. The van der Waals surface area contributed by atoms with E-state index in [1.54, 1.807) is 37.3 Å². The summed E-state index contributed by atoms with van der Waals surface area (Å²) in [5.74, 6) is -0.263. The molecule has 8 heteroatoms. The molecule has 1 aromatic carbocycles. The Kier molecular flexibility index (Phi) is 7.39. The van der Waals surface area contributed by atoms with Crippen molar-refractivity contribution in [2.24, 2.45) is 0 Å². The fourth-order valence-electron chi connectivity index (χ4n) is 1.49. The van der Waals surface area contributed by atoms with Gasteiger partial charge in [0.2, 0.25) is 0 Å². The average molecular weight is 317 g/mol. The van der Waals surface area contributed by atoms with E-state index in [-0.39, 0.29) is 19.3 Å². The van der Waals surface area contributed by atoms with Crippen molar-refractivity contribution in [3.8, 4) is 5.75 Å². The molecule has 7 nitrogen and oxygen atoms in total. The van der Waals surface area contributed by atoms with Crippen molar-refractivity contribution in [2.45, 2.75) is 20.0 Å². The van der Waals surface area contributed by atoms with Gasteiger partial charge < -0.3 is 14.5 Å². The summed E-state index contributed by atoms with van der Waals surface area (Å²) in [6.07, 6.45) is -1.12. The SMILES string of the molecule is CCOC(=O)[C@@H](C)OP(=O)(CCNO)Oc1ccccc1. The number of carbonyl (C=O) groups excluding carboxylic acids is 1. The summed E-state index contributed by atoms with van der Waals surface area (Å²) in [4.78, 5) is 11.6. The summed E-state index contributed by atoms with van der Waals surface area (Å²) in [5.41, 5.74) is 1.89. The van der Waals surface area contributed by atoms with E-state index in [0.717, 1.165) is 0 Å². The summed E-state index contributed by atoms with van der Waals surface area (Å²) in [7, 11) is -3.61. The molecule has 1 rings (SSSR count). The fourth-order valence-corrected chi connectivity index (χ4v) is 3.12. The second kappa shape index (κ2) is 8.79. The van der Waals surface area contributed by atoms with Gasteiger partial charge in [0.15, 0.2) is 6.10 Å². The molecule has 0 aromatic heterocycles. The summed E-state index contributed by atoms with van der Waals surface area (Å²) in [6.45, 7) is 3.31. The predicted octanol–water partition coefficient (Wildman–Crippen LogP) is 2.21. The topological polar surface area (TPSA) is 94.1 Å². The van der Waals surface area contributed by atoms with Crippen LogP contribution in [-0.4, -0.2) is 36.6 Å². The molecule has 21 heavy (non-hydrogen) atoms. The Morgan fingerprint density at radius 2 is 2.05 bits per heavy atom. The molecule has 0 fully saturated rings. The Morgan fingerprint density at radius 3 is 2.62 bits per heavy atom. The summed E-state index contributed by atoms with van der Waals surface area (Å²) in [6, 6.07) is 8.47. The molecule has 0 aliphatic rings. The third-order valence-electron chi connectivity index (χ3n) is 2.42. The molecule has 0 aliphatic heterocycles. The van der Waals surface area contributed by atoms with Gasteiger partial charge in [-0.2, -0.15) is 0 Å². The molecule has 0 aliphatic carbocycles. The maximum Gasteiger partial charge on any atom is 0.381 e. The second-order valence-electron chi connectivity index (χ2n) is 4.15. The number of hydrogen-bond donors (Lipinski definition) is 2. The highest BCUT2D eigenvalue weighted by Crippen LogP contribution is 2.49. The quantitative estimate of drug-likeness (QED) is 0.409. The number of para-hydroxylation sites is 1. The number of rotatable bonds is 9. The zero-order chi connectivity index (χ0) is 15.7. The van der Waals surface area contributed by atoms with Crippen LogP contribution in [0.1, 0.15) is 13.8 Å². The number of benzene rings is 1. The van der Waals surface area contributed by atoms with Crippen LogP contribution in [0.2, 0.25) is 0 Å². The first-order valence-electron chi connectivity index (χ1n) is 6.56. The summed E-state index contributed by atoms with van der Waals surface area (Å²) in [5, 5.41) is 8.65. The van der Waals surface area contributed by atoms with Crippen LogP contribution in [-0.2, 0) is 18.6 Å². The lowest BCUT2D eigenvalue weighted by Gasteiger charge is -2.22. The van der Waals surface area contributed by atoms with E-state index in [1.165, 1.54) is 6.92 Å². The van der Waals surface area contributed by atoms with E-state index < -0.39 is 19.7 Å². The number of esters is 1. The van der Waals surface area contributed by atoms with Crippen molar-refractivity contribution >= 4 is 13.6 Å². The van der Waals surface area contributed by atoms with E-state index >= 15 is 0 Å². The Hall–Kier alpha value is -1.40. The van der Waals surface area contributed by atoms with Crippen LogP contribution in [0.25, 0.3) is 0 Å². The molecule has 0 spiro atoms. The number of ether oxygens (including phenoxy) is 1. The molecule has 0 saturated carbocycles. The molecule has 118 valence electrons. The minimum absolute atomic E-state index is 0.000341. The Balaban J connectivity index is 2.78.